The summed E-state index contributed by atoms with van der Waals surface area (Å²) in [6.07, 6.45) is -0.300. The van der Waals surface area contributed by atoms with Gasteiger partial charge in [0, 0.05) is 11.2 Å². The minimum absolute atomic E-state index is 0.0128. The maximum absolute atomic E-state index is 13.1. The zero-order valence-corrected chi connectivity index (χ0v) is 18.0. The van der Waals surface area contributed by atoms with Gasteiger partial charge < -0.3 is 10.1 Å². The van der Waals surface area contributed by atoms with Crippen molar-refractivity contribution in [3.63, 3.8) is 0 Å². The lowest BCUT2D eigenvalue weighted by molar-refractivity contribution is 0.0377. The van der Waals surface area contributed by atoms with Crippen molar-refractivity contribution >= 4 is 27.4 Å². The second-order valence-corrected chi connectivity index (χ2v) is 9.66. The van der Waals surface area contributed by atoms with Crippen LogP contribution < -0.4 is 10.0 Å². The van der Waals surface area contributed by atoms with Gasteiger partial charge in [-0.15, -0.1) is 0 Å². The molecule has 0 atom stereocenters. The average molecular weight is 405 g/mol. The fourth-order valence-corrected chi connectivity index (χ4v) is 3.74. The maximum Gasteiger partial charge on any atom is 0.338 e. The number of sulfonamides is 1. The molecular weight excluding hydrogens is 376 g/mol. The molecule has 0 amide bonds. The van der Waals surface area contributed by atoms with Crippen molar-refractivity contribution in [2.45, 2.75) is 58.1 Å². The van der Waals surface area contributed by atoms with E-state index >= 15 is 0 Å². The number of nitrogens with one attached hydrogen (secondary N) is 2. The number of esters is 1. The van der Waals surface area contributed by atoms with Crippen LogP contribution >= 0.6 is 0 Å². The molecule has 0 fully saturated rings. The number of carbonyl (C=O) groups is 1. The van der Waals surface area contributed by atoms with Crippen molar-refractivity contribution in [1.82, 2.24) is 0 Å². The molecule has 6 nitrogen and oxygen atoms in total. The Bertz CT molecular complexity index is 943. The second kappa shape index (κ2) is 8.22. The van der Waals surface area contributed by atoms with Gasteiger partial charge in [-0.1, -0.05) is 17.7 Å². The third-order valence-corrected chi connectivity index (χ3v) is 5.08. The molecule has 0 saturated heterocycles. The van der Waals surface area contributed by atoms with E-state index in [0.717, 1.165) is 5.56 Å². The third-order valence-electron chi connectivity index (χ3n) is 3.66. The molecule has 2 rings (SSSR count). The van der Waals surface area contributed by atoms with Crippen LogP contribution in [0.25, 0.3) is 0 Å². The van der Waals surface area contributed by atoms with Crippen LogP contribution in [0.5, 0.6) is 0 Å². The molecule has 28 heavy (non-hydrogen) atoms. The Kier molecular flexibility index (Phi) is 6.39. The normalized spacial score (nSPS) is 12.0. The van der Waals surface area contributed by atoms with Crippen molar-refractivity contribution in [3.05, 3.63) is 53.6 Å². The summed E-state index contributed by atoms with van der Waals surface area (Å²) in [5.74, 6) is -0.566. The molecule has 0 radical (unpaired) electrons. The standard InChI is InChI=1S/C21H28N2O4S/c1-14(2)27-20(24)16-9-12-18(22-21(4,5)6)19(13-16)28(25,26)23-17-10-7-15(3)8-11-17/h7-14,22-23H,1-6H3. The zero-order chi connectivity index (χ0) is 21.1. The molecule has 2 aromatic carbocycles. The SMILES string of the molecule is Cc1ccc(NS(=O)(=O)c2cc(C(=O)OC(C)C)ccc2NC(C)(C)C)cc1. The lowest BCUT2D eigenvalue weighted by Crippen LogP contribution is -2.28. The molecule has 0 bridgehead atoms. The highest BCUT2D eigenvalue weighted by atomic mass is 32.2. The molecule has 0 saturated carbocycles. The van der Waals surface area contributed by atoms with E-state index in [9.17, 15) is 13.2 Å². The van der Waals surface area contributed by atoms with Crippen molar-refractivity contribution in [2.75, 3.05) is 10.0 Å². The number of carbonyl (C=O) groups excluding carboxylic acids is 1. The Labute approximate surface area is 167 Å². The van der Waals surface area contributed by atoms with Gasteiger partial charge in [-0.2, -0.15) is 0 Å². The van der Waals surface area contributed by atoms with Gasteiger partial charge in [0.2, 0.25) is 0 Å². The fraction of sp³-hybridized carbons (Fsp3) is 0.381. The summed E-state index contributed by atoms with van der Waals surface area (Å²) in [5.41, 5.74) is 1.69. The summed E-state index contributed by atoms with van der Waals surface area (Å²) in [6, 6.07) is 11.5. The molecule has 0 aromatic heterocycles. The first-order valence-corrected chi connectivity index (χ1v) is 10.6. The summed E-state index contributed by atoms with van der Waals surface area (Å²) in [5, 5.41) is 3.19. The highest BCUT2D eigenvalue weighted by Gasteiger charge is 2.24. The van der Waals surface area contributed by atoms with Crippen molar-refractivity contribution in [3.8, 4) is 0 Å². The maximum atomic E-state index is 13.1. The van der Waals surface area contributed by atoms with E-state index in [-0.39, 0.29) is 22.1 Å². The highest BCUT2D eigenvalue weighted by molar-refractivity contribution is 7.92. The summed E-state index contributed by atoms with van der Waals surface area (Å²) < 4.78 is 34.0. The van der Waals surface area contributed by atoms with E-state index in [1.165, 1.54) is 6.07 Å². The smallest absolute Gasteiger partial charge is 0.338 e. The Hall–Kier alpha value is -2.54. The van der Waals surface area contributed by atoms with Gasteiger partial charge in [-0.3, -0.25) is 4.72 Å². The second-order valence-electron chi connectivity index (χ2n) is 8.01. The number of ether oxygens (including phenoxy) is 1. The van der Waals surface area contributed by atoms with Crippen molar-refractivity contribution in [2.24, 2.45) is 0 Å². The largest absolute Gasteiger partial charge is 0.459 e. The van der Waals surface area contributed by atoms with Crippen molar-refractivity contribution in [1.29, 1.82) is 0 Å². The van der Waals surface area contributed by atoms with Crippen LogP contribution in [-0.2, 0) is 14.8 Å². The van der Waals surface area contributed by atoms with E-state index in [0.29, 0.717) is 11.4 Å². The zero-order valence-electron chi connectivity index (χ0n) is 17.2. The van der Waals surface area contributed by atoms with Gasteiger partial charge in [0.1, 0.15) is 4.90 Å². The number of rotatable bonds is 6. The number of aryl methyl sites for hydroxylation is 1. The summed E-state index contributed by atoms with van der Waals surface area (Å²) >= 11 is 0. The molecule has 0 spiro atoms. The summed E-state index contributed by atoms with van der Waals surface area (Å²) in [7, 11) is -3.93. The number of benzene rings is 2. The van der Waals surface area contributed by atoms with E-state index in [1.54, 1.807) is 38.1 Å². The summed E-state index contributed by atoms with van der Waals surface area (Å²) in [6.45, 7) is 11.2. The number of hydrogen-bond donors (Lipinski definition) is 2. The predicted octanol–water partition coefficient (Wildman–Crippen LogP) is 4.57. The minimum atomic E-state index is -3.93. The van der Waals surface area contributed by atoms with Crippen LogP contribution in [0.15, 0.2) is 47.4 Å². The third kappa shape index (κ3) is 5.99. The topological polar surface area (TPSA) is 84.5 Å². The first-order chi connectivity index (χ1) is 12.9. The lowest BCUT2D eigenvalue weighted by atomic mass is 10.1. The predicted molar refractivity (Wildman–Crippen MR) is 112 cm³/mol. The Morgan fingerprint density at radius 2 is 1.64 bits per heavy atom. The molecule has 7 heteroatoms. The summed E-state index contributed by atoms with van der Waals surface area (Å²) in [4.78, 5) is 12.3. The first-order valence-electron chi connectivity index (χ1n) is 9.10. The van der Waals surface area contributed by atoms with Gasteiger partial charge in [0.05, 0.1) is 17.4 Å². The van der Waals surface area contributed by atoms with Gasteiger partial charge in [0.25, 0.3) is 10.0 Å². The molecule has 0 aliphatic carbocycles. The van der Waals surface area contributed by atoms with Crippen LogP contribution in [-0.4, -0.2) is 26.0 Å². The Balaban J connectivity index is 2.49. The molecule has 0 unspecified atom stereocenters. The highest BCUT2D eigenvalue weighted by Crippen LogP contribution is 2.28. The lowest BCUT2D eigenvalue weighted by Gasteiger charge is -2.24. The van der Waals surface area contributed by atoms with Crippen LogP contribution in [0.3, 0.4) is 0 Å². The van der Waals surface area contributed by atoms with Gasteiger partial charge in [-0.05, 0) is 71.9 Å². The monoisotopic (exact) mass is 404 g/mol. The van der Waals surface area contributed by atoms with Crippen LogP contribution in [0, 0.1) is 6.92 Å². The van der Waals surface area contributed by atoms with Crippen molar-refractivity contribution < 1.29 is 17.9 Å². The molecule has 0 heterocycles. The minimum Gasteiger partial charge on any atom is -0.459 e. The van der Waals surface area contributed by atoms with E-state index in [2.05, 4.69) is 10.0 Å². The van der Waals surface area contributed by atoms with E-state index < -0.39 is 16.0 Å². The number of hydrogen-bond acceptors (Lipinski definition) is 5. The first kappa shape index (κ1) is 21.8. The molecule has 2 N–H and O–H groups in total. The van der Waals surface area contributed by atoms with Crippen LogP contribution in [0.1, 0.15) is 50.5 Å². The van der Waals surface area contributed by atoms with Gasteiger partial charge in [0.15, 0.2) is 0 Å². The molecule has 152 valence electrons. The Morgan fingerprint density at radius 1 is 1.04 bits per heavy atom. The Morgan fingerprint density at radius 3 is 2.18 bits per heavy atom. The van der Waals surface area contributed by atoms with E-state index in [4.69, 9.17) is 4.74 Å². The van der Waals surface area contributed by atoms with Gasteiger partial charge >= 0.3 is 5.97 Å². The van der Waals surface area contributed by atoms with Crippen LogP contribution in [0.2, 0.25) is 0 Å². The van der Waals surface area contributed by atoms with Gasteiger partial charge in [-0.25, -0.2) is 13.2 Å². The molecule has 0 aliphatic heterocycles. The molecular formula is C21H28N2O4S. The van der Waals surface area contributed by atoms with Crippen LogP contribution in [0.4, 0.5) is 11.4 Å². The molecule has 0 aliphatic rings. The average Bonchev–Trinajstić information content (AvgIpc) is 2.55. The molecule has 2 aromatic rings. The van der Waals surface area contributed by atoms with E-state index in [1.807, 2.05) is 39.8 Å². The quantitative estimate of drug-likeness (QED) is 0.689. The number of anilines is 2. The fourth-order valence-electron chi connectivity index (χ4n) is 2.49.